The largest absolute Gasteiger partial charge is 0.327 e. The summed E-state index contributed by atoms with van der Waals surface area (Å²) in [5, 5.41) is 0. The number of rotatable bonds is 6. The summed E-state index contributed by atoms with van der Waals surface area (Å²) in [4.78, 5) is 2.48. The van der Waals surface area contributed by atoms with E-state index in [1.807, 2.05) is 0 Å². The average molecular weight is 226 g/mol. The summed E-state index contributed by atoms with van der Waals surface area (Å²) < 4.78 is 0. The zero-order valence-corrected chi connectivity index (χ0v) is 11.4. The number of hydrogen-bond acceptors (Lipinski definition) is 2. The molecule has 0 bridgehead atoms. The minimum Gasteiger partial charge on any atom is -0.327 e. The molecule has 0 spiro atoms. The van der Waals surface area contributed by atoms with Crippen LogP contribution in [0.1, 0.15) is 52.9 Å². The van der Waals surface area contributed by atoms with E-state index in [0.29, 0.717) is 6.04 Å². The lowest BCUT2D eigenvalue weighted by atomic mass is 9.78. The summed E-state index contributed by atoms with van der Waals surface area (Å²) >= 11 is 0. The van der Waals surface area contributed by atoms with Crippen LogP contribution in [-0.4, -0.2) is 30.6 Å². The number of nitrogens with zero attached hydrogens (tertiary/aromatic N) is 1. The molecule has 96 valence electrons. The van der Waals surface area contributed by atoms with Crippen LogP contribution in [0, 0.1) is 11.8 Å². The third-order valence-corrected chi connectivity index (χ3v) is 4.26. The van der Waals surface area contributed by atoms with Crippen molar-refractivity contribution in [3.8, 4) is 0 Å². The SMILES string of the molecule is CCN(CC)CCC(N)C1CCCC(C)C1. The summed E-state index contributed by atoms with van der Waals surface area (Å²) in [6.07, 6.45) is 6.71. The van der Waals surface area contributed by atoms with Gasteiger partial charge in [-0.25, -0.2) is 0 Å². The van der Waals surface area contributed by atoms with Gasteiger partial charge in [0.1, 0.15) is 0 Å². The minimum absolute atomic E-state index is 0.434. The molecule has 2 nitrogen and oxygen atoms in total. The van der Waals surface area contributed by atoms with Crippen molar-refractivity contribution in [1.29, 1.82) is 0 Å². The molecule has 3 atom stereocenters. The van der Waals surface area contributed by atoms with Crippen molar-refractivity contribution >= 4 is 0 Å². The van der Waals surface area contributed by atoms with Crippen molar-refractivity contribution in [2.75, 3.05) is 19.6 Å². The van der Waals surface area contributed by atoms with Crippen molar-refractivity contribution in [2.24, 2.45) is 17.6 Å². The Morgan fingerprint density at radius 3 is 2.50 bits per heavy atom. The van der Waals surface area contributed by atoms with Gasteiger partial charge in [0.15, 0.2) is 0 Å². The Hall–Kier alpha value is -0.0800. The second-order valence-electron chi connectivity index (χ2n) is 5.51. The van der Waals surface area contributed by atoms with E-state index in [9.17, 15) is 0 Å². The molecule has 16 heavy (non-hydrogen) atoms. The molecule has 0 saturated heterocycles. The predicted octanol–water partition coefficient (Wildman–Crippen LogP) is 2.87. The van der Waals surface area contributed by atoms with Gasteiger partial charge in [-0.3, -0.25) is 0 Å². The maximum atomic E-state index is 6.34. The Labute approximate surface area is 102 Å². The first-order valence-electron chi connectivity index (χ1n) is 7.15. The zero-order chi connectivity index (χ0) is 12.0. The molecule has 0 aliphatic heterocycles. The molecule has 0 radical (unpaired) electrons. The maximum Gasteiger partial charge on any atom is 0.00794 e. The molecular weight excluding hydrogens is 196 g/mol. The van der Waals surface area contributed by atoms with Gasteiger partial charge in [-0.2, -0.15) is 0 Å². The van der Waals surface area contributed by atoms with Crippen LogP contribution >= 0.6 is 0 Å². The lowest BCUT2D eigenvalue weighted by molar-refractivity contribution is 0.217. The van der Waals surface area contributed by atoms with Crippen LogP contribution in [0.4, 0.5) is 0 Å². The molecular formula is C14H30N2. The van der Waals surface area contributed by atoms with Crippen LogP contribution in [0.2, 0.25) is 0 Å². The molecule has 1 saturated carbocycles. The minimum atomic E-state index is 0.434. The smallest absolute Gasteiger partial charge is 0.00794 e. The Bertz CT molecular complexity index is 178. The molecule has 0 aromatic heterocycles. The van der Waals surface area contributed by atoms with Gasteiger partial charge in [-0.05, 0) is 50.7 Å². The van der Waals surface area contributed by atoms with E-state index in [0.717, 1.165) is 24.9 Å². The van der Waals surface area contributed by atoms with E-state index in [1.54, 1.807) is 0 Å². The van der Waals surface area contributed by atoms with E-state index >= 15 is 0 Å². The highest BCUT2D eigenvalue weighted by molar-refractivity contribution is 4.79. The second-order valence-corrected chi connectivity index (χ2v) is 5.51. The quantitative estimate of drug-likeness (QED) is 0.754. The number of nitrogens with two attached hydrogens (primary N) is 1. The van der Waals surface area contributed by atoms with Crippen molar-refractivity contribution < 1.29 is 0 Å². The topological polar surface area (TPSA) is 29.3 Å². The van der Waals surface area contributed by atoms with E-state index in [1.165, 1.54) is 38.6 Å². The molecule has 1 rings (SSSR count). The van der Waals surface area contributed by atoms with Crippen LogP contribution in [0.5, 0.6) is 0 Å². The zero-order valence-electron chi connectivity index (χ0n) is 11.4. The summed E-state index contributed by atoms with van der Waals surface area (Å²) in [5.74, 6) is 1.69. The van der Waals surface area contributed by atoms with Crippen LogP contribution in [0.15, 0.2) is 0 Å². The molecule has 2 heteroatoms. The fourth-order valence-electron chi connectivity index (χ4n) is 2.98. The highest BCUT2D eigenvalue weighted by Crippen LogP contribution is 2.30. The van der Waals surface area contributed by atoms with E-state index < -0.39 is 0 Å². The Morgan fingerprint density at radius 1 is 1.25 bits per heavy atom. The highest BCUT2D eigenvalue weighted by Gasteiger charge is 2.24. The fraction of sp³-hybridized carbons (Fsp3) is 1.00. The van der Waals surface area contributed by atoms with E-state index in [4.69, 9.17) is 5.73 Å². The van der Waals surface area contributed by atoms with Crippen molar-refractivity contribution in [3.05, 3.63) is 0 Å². The fourth-order valence-corrected chi connectivity index (χ4v) is 2.98. The van der Waals surface area contributed by atoms with Gasteiger partial charge in [0.2, 0.25) is 0 Å². The molecule has 2 N–H and O–H groups in total. The van der Waals surface area contributed by atoms with Gasteiger partial charge in [-0.1, -0.05) is 33.6 Å². The van der Waals surface area contributed by atoms with Gasteiger partial charge in [0.25, 0.3) is 0 Å². The molecule has 0 aromatic carbocycles. The van der Waals surface area contributed by atoms with Crippen molar-refractivity contribution in [1.82, 2.24) is 4.90 Å². The average Bonchev–Trinajstić information content (AvgIpc) is 2.30. The molecule has 0 heterocycles. The Morgan fingerprint density at radius 2 is 1.94 bits per heavy atom. The van der Waals surface area contributed by atoms with Crippen LogP contribution in [0.25, 0.3) is 0 Å². The Kier molecular flexibility index (Phi) is 6.37. The lowest BCUT2D eigenvalue weighted by Crippen LogP contribution is -2.37. The first-order valence-corrected chi connectivity index (χ1v) is 7.15. The van der Waals surface area contributed by atoms with Gasteiger partial charge in [-0.15, -0.1) is 0 Å². The first-order chi connectivity index (χ1) is 7.67. The maximum absolute atomic E-state index is 6.34. The molecule has 0 aromatic rings. The molecule has 1 aliphatic rings. The summed E-state index contributed by atoms with van der Waals surface area (Å²) in [7, 11) is 0. The first kappa shape index (κ1) is 14.0. The van der Waals surface area contributed by atoms with Crippen LogP contribution in [0.3, 0.4) is 0 Å². The van der Waals surface area contributed by atoms with Crippen LogP contribution in [-0.2, 0) is 0 Å². The van der Waals surface area contributed by atoms with E-state index in [2.05, 4.69) is 25.7 Å². The molecule has 1 fully saturated rings. The summed E-state index contributed by atoms with van der Waals surface area (Å²) in [6.45, 7) is 10.3. The third kappa shape index (κ3) is 4.42. The molecule has 0 amide bonds. The predicted molar refractivity (Wildman–Crippen MR) is 71.5 cm³/mol. The molecule has 3 unspecified atom stereocenters. The number of hydrogen-bond donors (Lipinski definition) is 1. The summed E-state index contributed by atoms with van der Waals surface area (Å²) in [6, 6.07) is 0.434. The van der Waals surface area contributed by atoms with Crippen molar-refractivity contribution in [3.63, 3.8) is 0 Å². The van der Waals surface area contributed by atoms with Gasteiger partial charge in [0, 0.05) is 6.04 Å². The molecule has 1 aliphatic carbocycles. The summed E-state index contributed by atoms with van der Waals surface area (Å²) in [5.41, 5.74) is 6.34. The van der Waals surface area contributed by atoms with Gasteiger partial charge >= 0.3 is 0 Å². The normalized spacial score (nSPS) is 28.3. The van der Waals surface area contributed by atoms with Gasteiger partial charge < -0.3 is 10.6 Å². The lowest BCUT2D eigenvalue weighted by Gasteiger charge is -2.32. The van der Waals surface area contributed by atoms with Crippen molar-refractivity contribution in [2.45, 2.75) is 58.9 Å². The van der Waals surface area contributed by atoms with Gasteiger partial charge in [0.05, 0.1) is 0 Å². The second kappa shape index (κ2) is 7.29. The standard InChI is InChI=1S/C14H30N2/c1-4-16(5-2)10-9-14(15)13-8-6-7-12(3)11-13/h12-14H,4-11,15H2,1-3H3. The Balaban J connectivity index is 2.25. The third-order valence-electron chi connectivity index (χ3n) is 4.26. The van der Waals surface area contributed by atoms with Crippen LogP contribution < -0.4 is 5.73 Å². The van der Waals surface area contributed by atoms with E-state index in [-0.39, 0.29) is 0 Å². The monoisotopic (exact) mass is 226 g/mol. The highest BCUT2D eigenvalue weighted by atomic mass is 15.1.